The molecule has 4 aromatic rings. The van der Waals surface area contributed by atoms with Crippen molar-refractivity contribution in [2.24, 2.45) is 0 Å². The second kappa shape index (κ2) is 12.9. The summed E-state index contributed by atoms with van der Waals surface area (Å²) in [6.07, 6.45) is 6.27. The van der Waals surface area contributed by atoms with Crippen LogP contribution in [0.15, 0.2) is 85.2 Å². The SMILES string of the molecule is COc1ncccc1Nc1ncc([N+](=O)[O-])c(N[C@H]2CCCC[C@H]2O[Si](c2ccccc2)(c2ccccc2)C(C)(C)C)n1. The fraction of sp³-hybridized carbons (Fsp3) is 0.344. The number of hydrogen-bond donors (Lipinski definition) is 2. The summed E-state index contributed by atoms with van der Waals surface area (Å²) in [7, 11) is -1.32. The first-order valence-corrected chi connectivity index (χ1v) is 16.5. The van der Waals surface area contributed by atoms with Crippen molar-refractivity contribution < 1.29 is 14.1 Å². The van der Waals surface area contributed by atoms with Crippen LogP contribution in [0.5, 0.6) is 5.88 Å². The van der Waals surface area contributed by atoms with Gasteiger partial charge in [-0.25, -0.2) is 9.97 Å². The van der Waals surface area contributed by atoms with Crippen molar-refractivity contribution >= 4 is 41.8 Å². The van der Waals surface area contributed by atoms with Crippen molar-refractivity contribution in [3.8, 4) is 5.88 Å². The highest BCUT2D eigenvalue weighted by atomic mass is 28.4. The van der Waals surface area contributed by atoms with Gasteiger partial charge < -0.3 is 19.8 Å². The van der Waals surface area contributed by atoms with Crippen LogP contribution in [0.4, 0.5) is 23.1 Å². The molecule has 2 atom stereocenters. The van der Waals surface area contributed by atoms with E-state index in [2.05, 4.69) is 94.9 Å². The number of hydrogen-bond acceptors (Lipinski definition) is 9. The molecule has 0 unspecified atom stereocenters. The van der Waals surface area contributed by atoms with Gasteiger partial charge in [-0.15, -0.1) is 0 Å². The van der Waals surface area contributed by atoms with Gasteiger partial charge in [-0.2, -0.15) is 4.98 Å². The third-order valence-electron chi connectivity index (χ3n) is 7.95. The second-order valence-corrected chi connectivity index (χ2v) is 16.0. The Kier molecular flexibility index (Phi) is 9.02. The Bertz CT molecular complexity index is 1490. The molecule has 2 aromatic carbocycles. The summed E-state index contributed by atoms with van der Waals surface area (Å²) in [6.45, 7) is 6.76. The summed E-state index contributed by atoms with van der Waals surface area (Å²) in [4.78, 5) is 24.5. The van der Waals surface area contributed by atoms with E-state index in [1.807, 2.05) is 12.1 Å². The normalized spacial score (nSPS) is 17.2. The molecular weight excluding hydrogens is 560 g/mol. The van der Waals surface area contributed by atoms with Crippen molar-refractivity contribution in [2.75, 3.05) is 17.7 Å². The number of anilines is 3. The molecule has 1 aliphatic carbocycles. The van der Waals surface area contributed by atoms with Crippen LogP contribution in [0.3, 0.4) is 0 Å². The molecule has 0 amide bonds. The lowest BCUT2D eigenvalue weighted by molar-refractivity contribution is -0.384. The Morgan fingerprint density at radius 2 is 1.58 bits per heavy atom. The summed E-state index contributed by atoms with van der Waals surface area (Å²) in [5.41, 5.74) is 0.355. The second-order valence-electron chi connectivity index (χ2n) is 11.7. The predicted octanol–water partition coefficient (Wildman–Crippen LogP) is 5.83. The van der Waals surface area contributed by atoms with Gasteiger partial charge >= 0.3 is 5.69 Å². The number of ether oxygens (including phenoxy) is 1. The van der Waals surface area contributed by atoms with Crippen molar-refractivity contribution in [3.63, 3.8) is 0 Å². The minimum absolute atomic E-state index is 0.147. The molecule has 1 aliphatic rings. The maximum absolute atomic E-state index is 12.1. The number of nitrogens with one attached hydrogen (secondary N) is 2. The molecule has 0 radical (unpaired) electrons. The number of pyridine rings is 1. The summed E-state index contributed by atoms with van der Waals surface area (Å²) in [5, 5.41) is 20.8. The quantitative estimate of drug-likeness (QED) is 0.132. The predicted molar refractivity (Wildman–Crippen MR) is 171 cm³/mol. The Morgan fingerprint density at radius 3 is 2.19 bits per heavy atom. The standard InChI is InChI=1S/C32H38N6O4Si/c1-32(2,3)43(23-14-7-5-8-15-23,24-16-9-6-10-17-24)42-28-20-12-11-18-25(28)35-29-27(38(39)40)22-34-31(37-29)36-26-19-13-21-33-30(26)41-4/h5-10,13-17,19,21-22,25,28H,11-12,18,20H2,1-4H3,(H2,34,35,36,37)/t25-,28+/m0/s1. The van der Waals surface area contributed by atoms with E-state index in [4.69, 9.17) is 9.16 Å². The molecule has 2 N–H and O–H groups in total. The number of rotatable bonds is 10. The van der Waals surface area contributed by atoms with Crippen molar-refractivity contribution in [3.05, 3.63) is 95.3 Å². The van der Waals surface area contributed by atoms with Crippen molar-refractivity contribution in [2.45, 2.75) is 63.6 Å². The van der Waals surface area contributed by atoms with Gasteiger partial charge in [0.05, 0.1) is 24.2 Å². The first kappa shape index (κ1) is 30.1. The Labute approximate surface area is 253 Å². The van der Waals surface area contributed by atoms with Crippen LogP contribution in [0, 0.1) is 10.1 Å². The topological polar surface area (TPSA) is 124 Å². The van der Waals surface area contributed by atoms with Gasteiger partial charge in [0.2, 0.25) is 17.6 Å². The Hall–Kier alpha value is -4.35. The van der Waals surface area contributed by atoms with Gasteiger partial charge in [0, 0.05) is 6.20 Å². The van der Waals surface area contributed by atoms with Gasteiger partial charge in [0.25, 0.3) is 8.32 Å². The molecule has 11 heteroatoms. The van der Waals surface area contributed by atoms with Crippen LogP contribution < -0.4 is 25.7 Å². The molecule has 43 heavy (non-hydrogen) atoms. The molecule has 2 aromatic heterocycles. The summed E-state index contributed by atoms with van der Waals surface area (Å²) in [5.74, 6) is 0.706. The largest absolute Gasteiger partial charge is 0.480 e. The number of nitrogens with zero attached hydrogens (tertiary/aromatic N) is 4. The molecule has 10 nitrogen and oxygen atoms in total. The first-order chi connectivity index (χ1) is 20.7. The molecule has 1 saturated carbocycles. The van der Waals surface area contributed by atoms with E-state index in [1.165, 1.54) is 23.7 Å². The van der Waals surface area contributed by atoms with Gasteiger partial charge in [-0.1, -0.05) is 94.3 Å². The molecular formula is C32H38N6O4Si. The zero-order valence-corrected chi connectivity index (χ0v) is 26.0. The van der Waals surface area contributed by atoms with Crippen molar-refractivity contribution in [1.29, 1.82) is 0 Å². The molecule has 0 spiro atoms. The van der Waals surface area contributed by atoms with E-state index >= 15 is 0 Å². The summed E-state index contributed by atoms with van der Waals surface area (Å²) >= 11 is 0. The van der Waals surface area contributed by atoms with Crippen LogP contribution in [-0.4, -0.2) is 47.4 Å². The third kappa shape index (κ3) is 6.37. The Morgan fingerprint density at radius 1 is 0.930 bits per heavy atom. The Balaban J connectivity index is 1.52. The average Bonchev–Trinajstić information content (AvgIpc) is 3.01. The lowest BCUT2D eigenvalue weighted by Crippen LogP contribution is -2.68. The summed E-state index contributed by atoms with van der Waals surface area (Å²) < 4.78 is 12.8. The van der Waals surface area contributed by atoms with E-state index in [0.29, 0.717) is 11.6 Å². The van der Waals surface area contributed by atoms with Crippen LogP contribution in [0.25, 0.3) is 0 Å². The minimum atomic E-state index is -2.84. The van der Waals surface area contributed by atoms with E-state index in [9.17, 15) is 10.1 Å². The molecule has 1 fully saturated rings. The average molecular weight is 599 g/mol. The first-order valence-electron chi connectivity index (χ1n) is 14.6. The minimum Gasteiger partial charge on any atom is -0.480 e. The van der Waals surface area contributed by atoms with Crippen LogP contribution in [-0.2, 0) is 4.43 Å². The van der Waals surface area contributed by atoms with Gasteiger partial charge in [0.15, 0.2) is 0 Å². The fourth-order valence-corrected chi connectivity index (χ4v) is 10.7. The zero-order chi connectivity index (χ0) is 30.5. The maximum Gasteiger partial charge on any atom is 0.329 e. The molecule has 0 aliphatic heterocycles. The molecule has 0 saturated heterocycles. The highest BCUT2D eigenvalue weighted by Crippen LogP contribution is 2.40. The molecule has 0 bridgehead atoms. The van der Waals surface area contributed by atoms with Gasteiger partial charge in [0.1, 0.15) is 11.9 Å². The lowest BCUT2D eigenvalue weighted by atomic mass is 9.92. The smallest absolute Gasteiger partial charge is 0.329 e. The number of aromatic nitrogens is 3. The van der Waals surface area contributed by atoms with Crippen LogP contribution in [0.1, 0.15) is 46.5 Å². The molecule has 5 rings (SSSR count). The monoisotopic (exact) mass is 598 g/mol. The van der Waals surface area contributed by atoms with Crippen LogP contribution >= 0.6 is 0 Å². The van der Waals surface area contributed by atoms with Gasteiger partial charge in [-0.05, 0) is 40.4 Å². The number of benzene rings is 2. The van der Waals surface area contributed by atoms with Gasteiger partial charge in [-0.3, -0.25) is 10.1 Å². The fourth-order valence-electron chi connectivity index (χ4n) is 5.94. The van der Waals surface area contributed by atoms with Crippen LogP contribution in [0.2, 0.25) is 5.04 Å². The third-order valence-corrected chi connectivity index (χ3v) is 13.0. The lowest BCUT2D eigenvalue weighted by Gasteiger charge is -2.47. The number of methoxy groups -OCH3 is 1. The maximum atomic E-state index is 12.1. The number of nitro groups is 1. The van der Waals surface area contributed by atoms with E-state index < -0.39 is 13.2 Å². The highest BCUT2D eigenvalue weighted by Gasteiger charge is 2.52. The zero-order valence-electron chi connectivity index (χ0n) is 25.0. The van der Waals surface area contributed by atoms with Crippen molar-refractivity contribution in [1.82, 2.24) is 15.0 Å². The highest BCUT2D eigenvalue weighted by molar-refractivity contribution is 6.99. The molecule has 224 valence electrons. The van der Waals surface area contributed by atoms with E-state index in [0.717, 1.165) is 25.7 Å². The van der Waals surface area contributed by atoms with E-state index in [1.54, 1.807) is 18.3 Å². The molecule has 2 heterocycles. The summed E-state index contributed by atoms with van der Waals surface area (Å²) in [6, 6.07) is 24.4. The van der Waals surface area contributed by atoms with E-state index in [-0.39, 0.29) is 34.6 Å².